The van der Waals surface area contributed by atoms with Crippen molar-refractivity contribution in [2.75, 3.05) is 25.0 Å². The molecule has 120 valence electrons. The molecule has 1 aliphatic rings. The number of anilines is 1. The fraction of sp³-hybridized carbons (Fsp3) is 0.529. The molecule has 0 radical (unpaired) electrons. The number of likely N-dealkylation sites (tertiary alicyclic amines) is 1. The molecule has 2 rings (SSSR count). The zero-order valence-electron chi connectivity index (χ0n) is 13.3. The summed E-state index contributed by atoms with van der Waals surface area (Å²) in [5.74, 6) is 0.246. The number of para-hydroxylation sites is 1. The van der Waals surface area contributed by atoms with Crippen LogP contribution in [0.15, 0.2) is 24.3 Å². The Morgan fingerprint density at radius 2 is 1.86 bits per heavy atom. The van der Waals surface area contributed by atoms with Gasteiger partial charge >= 0.3 is 6.09 Å². The summed E-state index contributed by atoms with van der Waals surface area (Å²) in [4.78, 5) is 26.3. The summed E-state index contributed by atoms with van der Waals surface area (Å²) in [7, 11) is 0. The summed E-state index contributed by atoms with van der Waals surface area (Å²) < 4.78 is 5.11. The molecule has 0 saturated carbocycles. The van der Waals surface area contributed by atoms with Crippen LogP contribution < -0.4 is 5.32 Å². The second-order valence-corrected chi connectivity index (χ2v) is 6.02. The normalized spacial score (nSPS) is 14.8. The number of ether oxygens (including phenoxy) is 1. The number of rotatable bonds is 4. The minimum atomic E-state index is -0.521. The number of carbonyl (C=O) groups excluding carboxylic acids is 2. The van der Waals surface area contributed by atoms with Crippen molar-refractivity contribution in [3.05, 3.63) is 29.8 Å². The molecule has 1 saturated heterocycles. The molecule has 0 bridgehead atoms. The lowest BCUT2D eigenvalue weighted by atomic mass is 10.1. The maximum atomic E-state index is 12.6. The van der Waals surface area contributed by atoms with Gasteiger partial charge in [0.15, 0.2) is 0 Å². The molecule has 1 aliphatic heterocycles. The van der Waals surface area contributed by atoms with Crippen molar-refractivity contribution in [1.29, 1.82) is 0 Å². The van der Waals surface area contributed by atoms with Gasteiger partial charge in [-0.1, -0.05) is 26.0 Å². The summed E-state index contributed by atoms with van der Waals surface area (Å²) in [6.07, 6.45) is 2.73. The number of benzene rings is 1. The maximum absolute atomic E-state index is 12.6. The molecule has 0 spiro atoms. The van der Waals surface area contributed by atoms with E-state index in [9.17, 15) is 9.59 Å². The summed E-state index contributed by atoms with van der Waals surface area (Å²) >= 11 is 0. The van der Waals surface area contributed by atoms with Crippen molar-refractivity contribution in [1.82, 2.24) is 4.90 Å². The Kier molecular flexibility index (Phi) is 5.81. The number of amides is 2. The highest BCUT2D eigenvalue weighted by Crippen LogP contribution is 2.20. The Labute approximate surface area is 131 Å². The minimum absolute atomic E-state index is 0.0283. The van der Waals surface area contributed by atoms with Crippen LogP contribution in [0.1, 0.15) is 43.5 Å². The number of hydrogen-bond donors (Lipinski definition) is 1. The van der Waals surface area contributed by atoms with Crippen molar-refractivity contribution in [2.24, 2.45) is 5.92 Å². The average molecular weight is 304 g/mol. The standard InChI is InChI=1S/C17H24N2O3/c1-13(2)12-22-17(21)18-15-9-5-4-8-14(15)16(20)19-10-6-3-7-11-19/h4-5,8-9,13H,3,6-7,10-12H2,1-2H3,(H,18,21). The first-order valence-corrected chi connectivity index (χ1v) is 7.90. The van der Waals surface area contributed by atoms with Crippen LogP contribution in [-0.2, 0) is 4.74 Å². The van der Waals surface area contributed by atoms with Gasteiger partial charge in [-0.25, -0.2) is 4.79 Å². The highest BCUT2D eigenvalue weighted by molar-refractivity contribution is 6.02. The number of carbonyl (C=O) groups is 2. The Morgan fingerprint density at radius 1 is 1.18 bits per heavy atom. The van der Waals surface area contributed by atoms with E-state index in [-0.39, 0.29) is 11.8 Å². The van der Waals surface area contributed by atoms with Crippen molar-refractivity contribution < 1.29 is 14.3 Å². The molecular weight excluding hydrogens is 280 g/mol. The zero-order valence-corrected chi connectivity index (χ0v) is 13.3. The molecule has 0 atom stereocenters. The molecule has 0 aromatic heterocycles. The second-order valence-electron chi connectivity index (χ2n) is 6.02. The van der Waals surface area contributed by atoms with Crippen LogP contribution in [0.3, 0.4) is 0 Å². The third-order valence-electron chi connectivity index (χ3n) is 3.59. The van der Waals surface area contributed by atoms with Crippen LogP contribution in [0.2, 0.25) is 0 Å². The van der Waals surface area contributed by atoms with Gasteiger partial charge in [0.05, 0.1) is 17.9 Å². The van der Waals surface area contributed by atoms with Crippen molar-refractivity contribution in [2.45, 2.75) is 33.1 Å². The lowest BCUT2D eigenvalue weighted by Crippen LogP contribution is -2.36. The van der Waals surface area contributed by atoms with Crippen molar-refractivity contribution >= 4 is 17.7 Å². The summed E-state index contributed by atoms with van der Waals surface area (Å²) in [6, 6.07) is 7.08. The second kappa shape index (κ2) is 7.82. The molecule has 22 heavy (non-hydrogen) atoms. The smallest absolute Gasteiger partial charge is 0.411 e. The predicted molar refractivity (Wildman–Crippen MR) is 86.0 cm³/mol. The number of nitrogens with zero attached hydrogens (tertiary/aromatic N) is 1. The lowest BCUT2D eigenvalue weighted by Gasteiger charge is -2.27. The number of nitrogens with one attached hydrogen (secondary N) is 1. The fourth-order valence-electron chi connectivity index (χ4n) is 2.43. The zero-order chi connectivity index (χ0) is 15.9. The predicted octanol–water partition coefficient (Wildman–Crippen LogP) is 3.52. The van der Waals surface area contributed by atoms with Crippen molar-refractivity contribution in [3.8, 4) is 0 Å². The van der Waals surface area contributed by atoms with Crippen LogP contribution in [0.4, 0.5) is 10.5 Å². The van der Waals surface area contributed by atoms with Gasteiger partial charge < -0.3 is 9.64 Å². The van der Waals surface area contributed by atoms with Crippen LogP contribution in [-0.4, -0.2) is 36.6 Å². The summed E-state index contributed by atoms with van der Waals surface area (Å²) in [5, 5.41) is 2.68. The van der Waals surface area contributed by atoms with Gasteiger partial charge in [0.2, 0.25) is 0 Å². The van der Waals surface area contributed by atoms with E-state index in [1.165, 1.54) is 6.42 Å². The number of hydrogen-bond acceptors (Lipinski definition) is 3. The van der Waals surface area contributed by atoms with Crippen LogP contribution in [0, 0.1) is 5.92 Å². The Hall–Kier alpha value is -2.04. The minimum Gasteiger partial charge on any atom is -0.449 e. The van der Waals surface area contributed by atoms with Crippen molar-refractivity contribution in [3.63, 3.8) is 0 Å². The van der Waals surface area contributed by atoms with E-state index in [0.29, 0.717) is 17.9 Å². The van der Waals surface area contributed by atoms with E-state index < -0.39 is 6.09 Å². The molecule has 1 aromatic rings. The van der Waals surface area contributed by atoms with Gasteiger partial charge in [0, 0.05) is 13.1 Å². The lowest BCUT2D eigenvalue weighted by molar-refractivity contribution is 0.0725. The molecule has 1 heterocycles. The van der Waals surface area contributed by atoms with Gasteiger partial charge in [-0.3, -0.25) is 10.1 Å². The third kappa shape index (κ3) is 4.48. The third-order valence-corrected chi connectivity index (χ3v) is 3.59. The first kappa shape index (κ1) is 16.3. The maximum Gasteiger partial charge on any atom is 0.411 e. The van der Waals surface area contributed by atoms with Gasteiger partial charge in [-0.15, -0.1) is 0 Å². The summed E-state index contributed by atoms with van der Waals surface area (Å²) in [6.45, 7) is 5.87. The Morgan fingerprint density at radius 3 is 2.55 bits per heavy atom. The SMILES string of the molecule is CC(C)COC(=O)Nc1ccccc1C(=O)N1CCCCC1. The highest BCUT2D eigenvalue weighted by atomic mass is 16.5. The van der Waals surface area contributed by atoms with E-state index in [1.807, 2.05) is 24.8 Å². The first-order chi connectivity index (χ1) is 10.6. The Bertz CT molecular complexity index is 522. The van der Waals surface area contributed by atoms with E-state index in [1.54, 1.807) is 18.2 Å². The number of piperidine rings is 1. The highest BCUT2D eigenvalue weighted by Gasteiger charge is 2.21. The molecule has 1 aromatic carbocycles. The topological polar surface area (TPSA) is 58.6 Å². The van der Waals surface area contributed by atoms with Gasteiger partial charge in [-0.2, -0.15) is 0 Å². The first-order valence-electron chi connectivity index (χ1n) is 7.90. The molecule has 0 unspecified atom stereocenters. The molecule has 5 nitrogen and oxygen atoms in total. The molecule has 0 aliphatic carbocycles. The van der Waals surface area contributed by atoms with Gasteiger partial charge in [-0.05, 0) is 37.3 Å². The van der Waals surface area contributed by atoms with Crippen LogP contribution >= 0.6 is 0 Å². The quantitative estimate of drug-likeness (QED) is 0.926. The average Bonchev–Trinajstić information content (AvgIpc) is 2.53. The van der Waals surface area contributed by atoms with Gasteiger partial charge in [0.25, 0.3) is 5.91 Å². The molecule has 2 amide bonds. The van der Waals surface area contributed by atoms with Gasteiger partial charge in [0.1, 0.15) is 0 Å². The van der Waals surface area contributed by atoms with Crippen LogP contribution in [0.25, 0.3) is 0 Å². The molecule has 5 heteroatoms. The largest absolute Gasteiger partial charge is 0.449 e. The monoisotopic (exact) mass is 304 g/mol. The Balaban J connectivity index is 2.05. The fourth-order valence-corrected chi connectivity index (χ4v) is 2.43. The molecule has 1 fully saturated rings. The van der Waals surface area contributed by atoms with E-state index >= 15 is 0 Å². The molecular formula is C17H24N2O3. The van der Waals surface area contributed by atoms with Crippen LogP contribution in [0.5, 0.6) is 0 Å². The van der Waals surface area contributed by atoms with E-state index in [4.69, 9.17) is 4.74 Å². The molecule has 1 N–H and O–H groups in total. The summed E-state index contributed by atoms with van der Waals surface area (Å²) in [5.41, 5.74) is 1.03. The van der Waals surface area contributed by atoms with E-state index in [0.717, 1.165) is 25.9 Å². The van der Waals surface area contributed by atoms with E-state index in [2.05, 4.69) is 5.32 Å².